The molecule has 2 rings (SSSR count). The van der Waals surface area contributed by atoms with Crippen LogP contribution in [0.2, 0.25) is 0 Å². The van der Waals surface area contributed by atoms with Crippen LogP contribution in [0.25, 0.3) is 0 Å². The van der Waals surface area contributed by atoms with Crippen LogP contribution >= 0.6 is 12.2 Å². The van der Waals surface area contributed by atoms with Gasteiger partial charge in [-0.05, 0) is 24.0 Å². The van der Waals surface area contributed by atoms with Crippen LogP contribution in [0.1, 0.15) is 17.5 Å². The Morgan fingerprint density at radius 1 is 1.24 bits per heavy atom. The number of rotatable bonds is 2. The second-order valence-corrected chi connectivity index (χ2v) is 4.82. The van der Waals surface area contributed by atoms with Gasteiger partial charge in [-0.15, -0.1) is 0 Å². The summed E-state index contributed by atoms with van der Waals surface area (Å²) in [4.78, 5) is 14.0. The lowest BCUT2D eigenvalue weighted by atomic mass is 10.0. The zero-order chi connectivity index (χ0) is 12.3. The molecule has 0 atom stereocenters. The van der Waals surface area contributed by atoms with Crippen molar-refractivity contribution in [1.29, 1.82) is 0 Å². The van der Waals surface area contributed by atoms with Crippen molar-refractivity contribution in [3.63, 3.8) is 0 Å². The summed E-state index contributed by atoms with van der Waals surface area (Å²) in [5.41, 5.74) is 8.10. The van der Waals surface area contributed by atoms with Gasteiger partial charge >= 0.3 is 0 Å². The molecular formula is C13H16N2OS. The van der Waals surface area contributed by atoms with Crippen LogP contribution in [0.15, 0.2) is 24.3 Å². The zero-order valence-electron chi connectivity index (χ0n) is 9.69. The van der Waals surface area contributed by atoms with E-state index >= 15 is 0 Å². The van der Waals surface area contributed by atoms with Gasteiger partial charge in [0.25, 0.3) is 0 Å². The number of hydrogen-bond donors (Lipinski definition) is 1. The van der Waals surface area contributed by atoms with Gasteiger partial charge in [0, 0.05) is 13.1 Å². The number of hydrogen-bond acceptors (Lipinski definition) is 2. The van der Waals surface area contributed by atoms with Gasteiger partial charge in [0.15, 0.2) is 0 Å². The molecule has 0 spiro atoms. The van der Waals surface area contributed by atoms with Gasteiger partial charge in [-0.2, -0.15) is 0 Å². The summed E-state index contributed by atoms with van der Waals surface area (Å²) >= 11 is 4.77. The fourth-order valence-corrected chi connectivity index (χ4v) is 2.30. The molecule has 0 aliphatic carbocycles. The highest BCUT2D eigenvalue weighted by Gasteiger charge is 2.18. The van der Waals surface area contributed by atoms with Gasteiger partial charge in [-0.25, -0.2) is 0 Å². The average Bonchev–Trinajstić information content (AvgIpc) is 2.50. The summed E-state index contributed by atoms with van der Waals surface area (Å²) in [6.45, 7) is 1.52. The molecule has 90 valence electrons. The number of nitrogens with two attached hydrogens (primary N) is 1. The van der Waals surface area contributed by atoms with Gasteiger partial charge in [-0.1, -0.05) is 36.5 Å². The third kappa shape index (κ3) is 3.03. The lowest BCUT2D eigenvalue weighted by Gasteiger charge is -2.19. The molecule has 1 heterocycles. The number of thiocarbonyl (C=S) groups is 1. The van der Waals surface area contributed by atoms with Crippen molar-refractivity contribution in [2.24, 2.45) is 5.73 Å². The van der Waals surface area contributed by atoms with Gasteiger partial charge in [0.05, 0.1) is 11.4 Å². The van der Waals surface area contributed by atoms with Gasteiger partial charge in [0.1, 0.15) is 0 Å². The van der Waals surface area contributed by atoms with Crippen molar-refractivity contribution >= 4 is 23.1 Å². The number of fused-ring (bicyclic) bond motifs is 1. The number of nitrogens with zero attached hydrogens (tertiary/aromatic N) is 1. The molecule has 17 heavy (non-hydrogen) atoms. The molecular weight excluding hydrogens is 232 g/mol. The number of carbonyl (C=O) groups excluding carboxylic acids is 1. The summed E-state index contributed by atoms with van der Waals surface area (Å²) in [5, 5.41) is 0. The molecule has 0 saturated carbocycles. The van der Waals surface area contributed by atoms with Crippen molar-refractivity contribution in [1.82, 2.24) is 4.90 Å². The van der Waals surface area contributed by atoms with E-state index in [1.54, 1.807) is 0 Å². The Kier molecular flexibility index (Phi) is 3.74. The first kappa shape index (κ1) is 12.0. The van der Waals surface area contributed by atoms with Gasteiger partial charge in [-0.3, -0.25) is 4.79 Å². The maximum atomic E-state index is 11.9. The molecule has 0 aromatic heterocycles. The monoisotopic (exact) mass is 248 g/mol. The molecule has 0 unspecified atom stereocenters. The van der Waals surface area contributed by atoms with E-state index in [2.05, 4.69) is 12.1 Å². The summed E-state index contributed by atoms with van der Waals surface area (Å²) in [7, 11) is 0. The maximum Gasteiger partial charge on any atom is 0.229 e. The fourth-order valence-electron chi connectivity index (χ4n) is 2.18. The SMILES string of the molecule is NC(=S)CC(=O)N1CCc2ccccc2CC1. The number of amides is 1. The Bertz CT molecular complexity index is 418. The van der Waals surface area contributed by atoms with Crippen molar-refractivity contribution in [3.8, 4) is 0 Å². The van der Waals surface area contributed by atoms with Crippen LogP contribution in [0, 0.1) is 0 Å². The highest BCUT2D eigenvalue weighted by Crippen LogP contribution is 2.15. The summed E-state index contributed by atoms with van der Waals surface area (Å²) in [6.07, 6.45) is 2.02. The number of carbonyl (C=O) groups is 1. The van der Waals surface area contributed by atoms with Crippen molar-refractivity contribution < 1.29 is 4.79 Å². The van der Waals surface area contributed by atoms with Crippen LogP contribution < -0.4 is 5.73 Å². The molecule has 1 aromatic carbocycles. The molecule has 2 N–H and O–H groups in total. The maximum absolute atomic E-state index is 11.9. The lowest BCUT2D eigenvalue weighted by Crippen LogP contribution is -2.35. The lowest BCUT2D eigenvalue weighted by molar-refractivity contribution is -0.129. The molecule has 3 nitrogen and oxygen atoms in total. The standard InChI is InChI=1S/C13H16N2OS/c14-12(17)9-13(16)15-7-5-10-3-1-2-4-11(10)6-8-15/h1-4H,5-9H2,(H2,14,17). The Morgan fingerprint density at radius 2 is 1.76 bits per heavy atom. The molecule has 1 aliphatic heterocycles. The minimum atomic E-state index is 0.0466. The van der Waals surface area contributed by atoms with E-state index in [4.69, 9.17) is 18.0 Å². The van der Waals surface area contributed by atoms with Crippen LogP contribution in [0.4, 0.5) is 0 Å². The van der Waals surface area contributed by atoms with E-state index in [9.17, 15) is 4.79 Å². The minimum Gasteiger partial charge on any atom is -0.393 e. The fraction of sp³-hybridized carbons (Fsp3) is 0.385. The van der Waals surface area contributed by atoms with Crippen LogP contribution in [-0.4, -0.2) is 28.9 Å². The van der Waals surface area contributed by atoms with E-state index in [1.165, 1.54) is 11.1 Å². The highest BCUT2D eigenvalue weighted by atomic mass is 32.1. The smallest absolute Gasteiger partial charge is 0.229 e. The second-order valence-electron chi connectivity index (χ2n) is 4.29. The summed E-state index contributed by atoms with van der Waals surface area (Å²) in [5.74, 6) is 0.0466. The zero-order valence-corrected chi connectivity index (χ0v) is 10.5. The predicted octanol–water partition coefficient (Wildman–Crippen LogP) is 1.29. The number of benzene rings is 1. The second kappa shape index (κ2) is 5.27. The van der Waals surface area contributed by atoms with E-state index in [1.807, 2.05) is 17.0 Å². The minimum absolute atomic E-state index is 0.0466. The molecule has 1 aliphatic rings. The largest absolute Gasteiger partial charge is 0.393 e. The van der Waals surface area contributed by atoms with Gasteiger partial charge < -0.3 is 10.6 Å². The van der Waals surface area contributed by atoms with Crippen molar-refractivity contribution in [2.45, 2.75) is 19.3 Å². The van der Waals surface area contributed by atoms with Crippen molar-refractivity contribution in [3.05, 3.63) is 35.4 Å². The molecule has 1 amide bonds. The molecule has 0 saturated heterocycles. The Balaban J connectivity index is 2.04. The highest BCUT2D eigenvalue weighted by molar-refractivity contribution is 7.80. The first-order valence-electron chi connectivity index (χ1n) is 5.79. The van der Waals surface area contributed by atoms with E-state index < -0.39 is 0 Å². The van der Waals surface area contributed by atoms with E-state index in [0.29, 0.717) is 0 Å². The first-order valence-corrected chi connectivity index (χ1v) is 6.20. The third-order valence-electron chi connectivity index (χ3n) is 3.10. The van der Waals surface area contributed by atoms with E-state index in [0.717, 1.165) is 25.9 Å². The molecule has 4 heteroatoms. The average molecular weight is 248 g/mol. The molecule has 0 bridgehead atoms. The Hall–Kier alpha value is -1.42. The third-order valence-corrected chi connectivity index (χ3v) is 3.24. The molecule has 0 fully saturated rings. The summed E-state index contributed by atoms with van der Waals surface area (Å²) < 4.78 is 0. The van der Waals surface area contributed by atoms with Gasteiger partial charge in [0.2, 0.25) is 5.91 Å². The van der Waals surface area contributed by atoms with Crippen LogP contribution in [0.5, 0.6) is 0 Å². The van der Waals surface area contributed by atoms with Crippen LogP contribution in [-0.2, 0) is 17.6 Å². The Morgan fingerprint density at radius 3 is 2.24 bits per heavy atom. The molecule has 1 aromatic rings. The quantitative estimate of drug-likeness (QED) is 0.802. The topological polar surface area (TPSA) is 46.3 Å². The predicted molar refractivity (Wildman–Crippen MR) is 71.8 cm³/mol. The Labute approximate surface area is 107 Å². The van der Waals surface area contributed by atoms with Crippen molar-refractivity contribution in [2.75, 3.05) is 13.1 Å². The first-order chi connectivity index (χ1) is 8.16. The van der Waals surface area contributed by atoms with E-state index in [-0.39, 0.29) is 17.3 Å². The summed E-state index contributed by atoms with van der Waals surface area (Å²) in [6, 6.07) is 8.37. The normalized spacial score (nSPS) is 14.9. The molecule has 0 radical (unpaired) electrons. The van der Waals surface area contributed by atoms with Crippen LogP contribution in [0.3, 0.4) is 0 Å².